The van der Waals surface area contributed by atoms with E-state index in [1.165, 1.54) is 11.3 Å². The lowest BCUT2D eigenvalue weighted by Gasteiger charge is -2.29. The Morgan fingerprint density at radius 2 is 2.08 bits per heavy atom. The predicted octanol–water partition coefficient (Wildman–Crippen LogP) is 1.83. The van der Waals surface area contributed by atoms with Gasteiger partial charge in [0.2, 0.25) is 0 Å². The molecule has 0 unspecified atom stereocenters. The van der Waals surface area contributed by atoms with Gasteiger partial charge in [0.25, 0.3) is 0 Å². The zero-order valence-corrected chi connectivity index (χ0v) is 15.8. The number of hydrogen-bond acceptors (Lipinski definition) is 8. The van der Waals surface area contributed by atoms with Gasteiger partial charge in [-0.05, 0) is 19.8 Å². The Morgan fingerprint density at radius 3 is 2.71 bits per heavy atom. The molecule has 2 rings (SSSR count). The highest BCUT2D eigenvalue weighted by Crippen LogP contribution is 2.29. The van der Waals surface area contributed by atoms with E-state index in [-0.39, 0.29) is 31.0 Å². The Balaban J connectivity index is 0.00000288. The van der Waals surface area contributed by atoms with Crippen molar-refractivity contribution < 1.29 is 19.0 Å². The van der Waals surface area contributed by atoms with Crippen molar-refractivity contribution >= 4 is 34.8 Å². The fraction of sp³-hybridized carbons (Fsp3) is 0.733. The minimum atomic E-state index is -0.338. The molecule has 1 saturated heterocycles. The van der Waals surface area contributed by atoms with Crippen LogP contribution in [0.4, 0.5) is 5.13 Å². The van der Waals surface area contributed by atoms with Gasteiger partial charge >= 0.3 is 5.97 Å². The third-order valence-corrected chi connectivity index (χ3v) is 4.77. The van der Waals surface area contributed by atoms with E-state index in [9.17, 15) is 4.79 Å². The topological polar surface area (TPSA) is 86.9 Å². The smallest absolute Gasteiger partial charge is 0.350 e. The number of anilines is 1. The summed E-state index contributed by atoms with van der Waals surface area (Å²) in [7, 11) is 1.62. The summed E-state index contributed by atoms with van der Waals surface area (Å²) < 4.78 is 15.6. The molecule has 2 N–H and O–H groups in total. The summed E-state index contributed by atoms with van der Waals surface area (Å²) in [6.07, 6.45) is 1.88. The van der Waals surface area contributed by atoms with Gasteiger partial charge in [-0.2, -0.15) is 0 Å². The molecule has 0 bridgehead atoms. The van der Waals surface area contributed by atoms with Crippen molar-refractivity contribution in [3.63, 3.8) is 0 Å². The van der Waals surface area contributed by atoms with E-state index in [0.717, 1.165) is 31.1 Å². The van der Waals surface area contributed by atoms with Crippen LogP contribution in [-0.4, -0.2) is 57.0 Å². The summed E-state index contributed by atoms with van der Waals surface area (Å²) in [6.45, 7) is 5.11. The van der Waals surface area contributed by atoms with Crippen molar-refractivity contribution in [3.8, 4) is 0 Å². The number of carbonyl (C=O) groups excluding carboxylic acids is 1. The van der Waals surface area contributed by atoms with Crippen LogP contribution in [0.25, 0.3) is 0 Å². The largest absolute Gasteiger partial charge is 0.462 e. The monoisotopic (exact) mass is 379 g/mol. The van der Waals surface area contributed by atoms with Crippen LogP contribution in [0.2, 0.25) is 0 Å². The molecule has 0 atom stereocenters. The summed E-state index contributed by atoms with van der Waals surface area (Å²) in [5.74, 6) is -0.338. The second-order valence-electron chi connectivity index (χ2n) is 5.36. The third kappa shape index (κ3) is 5.86. The van der Waals surface area contributed by atoms with Crippen molar-refractivity contribution in [2.45, 2.75) is 32.4 Å². The maximum atomic E-state index is 12.1. The van der Waals surface area contributed by atoms with Gasteiger partial charge in [0, 0.05) is 26.2 Å². The first-order valence-electron chi connectivity index (χ1n) is 7.89. The minimum absolute atomic E-state index is 0. The fourth-order valence-electron chi connectivity index (χ4n) is 2.33. The molecule has 138 valence electrons. The quantitative estimate of drug-likeness (QED) is 0.544. The Morgan fingerprint density at radius 1 is 1.38 bits per heavy atom. The molecule has 0 saturated carbocycles. The van der Waals surface area contributed by atoms with E-state index in [4.69, 9.17) is 19.9 Å². The van der Waals surface area contributed by atoms with E-state index in [1.807, 2.05) is 0 Å². The number of aromatic nitrogens is 1. The first kappa shape index (κ1) is 21.1. The number of halogens is 1. The number of nitrogens with two attached hydrogens (primary N) is 1. The molecule has 0 amide bonds. The lowest BCUT2D eigenvalue weighted by molar-refractivity contribution is 0.0501. The Kier molecular flexibility index (Phi) is 9.53. The molecule has 24 heavy (non-hydrogen) atoms. The molecule has 1 aromatic heterocycles. The molecule has 1 aliphatic rings. The zero-order valence-electron chi connectivity index (χ0n) is 14.2. The van der Waals surface area contributed by atoms with E-state index >= 15 is 0 Å². The summed E-state index contributed by atoms with van der Waals surface area (Å²) in [5, 5.41) is 0.838. The average molecular weight is 380 g/mol. The number of hydrogen-bond donors (Lipinski definition) is 1. The highest BCUT2D eigenvalue weighted by molar-refractivity contribution is 7.17. The van der Waals surface area contributed by atoms with Gasteiger partial charge < -0.3 is 24.8 Å². The van der Waals surface area contributed by atoms with Crippen LogP contribution in [0, 0.1) is 0 Å². The number of ether oxygens (including phenoxy) is 3. The van der Waals surface area contributed by atoms with Crippen LogP contribution in [0.15, 0.2) is 0 Å². The second-order valence-corrected chi connectivity index (χ2v) is 6.34. The molecule has 1 aromatic rings. The molecule has 0 aliphatic carbocycles. The van der Waals surface area contributed by atoms with Crippen molar-refractivity contribution in [1.29, 1.82) is 0 Å². The Hall–Kier alpha value is -0.930. The SMILES string of the molecule is CCOC(=O)c1sc(N2CCC(N)CC2)nc1COCCOC.Cl. The van der Waals surface area contributed by atoms with Crippen LogP contribution in [0.1, 0.15) is 35.1 Å². The van der Waals surface area contributed by atoms with Gasteiger partial charge in [0.15, 0.2) is 5.13 Å². The van der Waals surface area contributed by atoms with Crippen LogP contribution in [-0.2, 0) is 20.8 Å². The highest BCUT2D eigenvalue weighted by atomic mass is 35.5. The van der Waals surface area contributed by atoms with Crippen molar-refractivity contribution in [2.75, 3.05) is 44.9 Å². The zero-order chi connectivity index (χ0) is 16.7. The minimum Gasteiger partial charge on any atom is -0.462 e. The molecule has 0 spiro atoms. The molecule has 7 nitrogen and oxygen atoms in total. The van der Waals surface area contributed by atoms with Crippen LogP contribution < -0.4 is 10.6 Å². The number of nitrogens with zero attached hydrogens (tertiary/aromatic N) is 2. The fourth-order valence-corrected chi connectivity index (χ4v) is 3.35. The van der Waals surface area contributed by atoms with E-state index in [2.05, 4.69) is 9.88 Å². The van der Waals surface area contributed by atoms with E-state index < -0.39 is 0 Å². The van der Waals surface area contributed by atoms with Crippen molar-refractivity contribution in [2.24, 2.45) is 5.73 Å². The Bertz CT molecular complexity index is 507. The van der Waals surface area contributed by atoms with Gasteiger partial charge in [0.1, 0.15) is 4.88 Å². The molecular weight excluding hydrogens is 354 g/mol. The predicted molar refractivity (Wildman–Crippen MR) is 96.3 cm³/mol. The molecule has 0 radical (unpaired) electrons. The molecule has 1 fully saturated rings. The van der Waals surface area contributed by atoms with Gasteiger partial charge in [0.05, 0.1) is 32.1 Å². The number of methoxy groups -OCH3 is 1. The number of esters is 1. The average Bonchev–Trinajstić information content (AvgIpc) is 2.97. The lowest BCUT2D eigenvalue weighted by Crippen LogP contribution is -2.39. The molecule has 2 heterocycles. The first-order valence-corrected chi connectivity index (χ1v) is 8.71. The highest BCUT2D eigenvalue weighted by Gasteiger charge is 2.24. The Labute approximate surface area is 152 Å². The summed E-state index contributed by atoms with van der Waals surface area (Å²) in [4.78, 5) is 19.4. The molecule has 9 heteroatoms. The first-order chi connectivity index (χ1) is 11.2. The number of piperidine rings is 1. The van der Waals surface area contributed by atoms with Gasteiger partial charge in [-0.3, -0.25) is 0 Å². The molecule has 0 aromatic carbocycles. The second kappa shape index (κ2) is 10.8. The number of rotatable bonds is 8. The standard InChI is InChI=1S/C15H25N3O4S.ClH/c1-3-22-14(19)13-12(10-21-9-8-20-2)17-15(23-13)18-6-4-11(16)5-7-18;/h11H,3-10,16H2,1-2H3;1H. The van der Waals surface area contributed by atoms with Crippen molar-refractivity contribution in [1.82, 2.24) is 4.98 Å². The summed E-state index contributed by atoms with van der Waals surface area (Å²) >= 11 is 1.37. The third-order valence-electron chi connectivity index (χ3n) is 3.63. The summed E-state index contributed by atoms with van der Waals surface area (Å²) in [6, 6.07) is 0.257. The van der Waals surface area contributed by atoms with Gasteiger partial charge in [-0.25, -0.2) is 9.78 Å². The van der Waals surface area contributed by atoms with Crippen LogP contribution in [0.5, 0.6) is 0 Å². The number of thiazole rings is 1. The lowest BCUT2D eigenvalue weighted by atomic mass is 10.1. The van der Waals surface area contributed by atoms with E-state index in [0.29, 0.717) is 30.4 Å². The van der Waals surface area contributed by atoms with Crippen LogP contribution in [0.3, 0.4) is 0 Å². The maximum absolute atomic E-state index is 12.1. The normalized spacial score (nSPS) is 15.2. The van der Waals surface area contributed by atoms with E-state index in [1.54, 1.807) is 14.0 Å². The maximum Gasteiger partial charge on any atom is 0.350 e. The van der Waals surface area contributed by atoms with Crippen LogP contribution >= 0.6 is 23.7 Å². The summed E-state index contributed by atoms with van der Waals surface area (Å²) in [5.41, 5.74) is 6.58. The molecule has 1 aliphatic heterocycles. The molecular formula is C15H26ClN3O4S. The number of carbonyl (C=O) groups is 1. The van der Waals surface area contributed by atoms with Gasteiger partial charge in [-0.1, -0.05) is 11.3 Å². The van der Waals surface area contributed by atoms with Gasteiger partial charge in [-0.15, -0.1) is 12.4 Å². The van der Waals surface area contributed by atoms with Crippen molar-refractivity contribution in [3.05, 3.63) is 10.6 Å².